The van der Waals surface area contributed by atoms with Crippen LogP contribution in [0.25, 0.3) is 0 Å². The minimum atomic E-state index is -0.356. The van der Waals surface area contributed by atoms with Gasteiger partial charge in [-0.05, 0) is 26.3 Å². The molecular weight excluding hydrogens is 358 g/mol. The molecule has 7 heteroatoms. The lowest BCUT2D eigenvalue weighted by molar-refractivity contribution is -0.137. The van der Waals surface area contributed by atoms with E-state index in [1.54, 1.807) is 14.7 Å². The first-order valence-electron chi connectivity index (χ1n) is 9.80. The maximum atomic E-state index is 12.8. The molecule has 1 atom stereocenters. The van der Waals surface area contributed by atoms with Crippen molar-refractivity contribution in [3.8, 4) is 0 Å². The molecule has 0 radical (unpaired) electrons. The van der Waals surface area contributed by atoms with Gasteiger partial charge in [-0.15, -0.1) is 0 Å². The van der Waals surface area contributed by atoms with E-state index in [0.717, 1.165) is 5.56 Å². The Morgan fingerprint density at radius 3 is 2.21 bits per heavy atom. The predicted molar refractivity (Wildman–Crippen MR) is 104 cm³/mol. The Bertz CT molecular complexity index is 721. The van der Waals surface area contributed by atoms with Crippen molar-refractivity contribution < 1.29 is 19.1 Å². The van der Waals surface area contributed by atoms with E-state index in [4.69, 9.17) is 4.74 Å². The van der Waals surface area contributed by atoms with E-state index in [-0.39, 0.29) is 42.4 Å². The molecule has 2 aliphatic heterocycles. The lowest BCUT2D eigenvalue weighted by Gasteiger charge is -2.36. The number of likely N-dealkylation sites (tertiary alicyclic amines) is 1. The quantitative estimate of drug-likeness (QED) is 0.797. The van der Waals surface area contributed by atoms with Crippen LogP contribution in [-0.2, 0) is 20.9 Å². The zero-order valence-electron chi connectivity index (χ0n) is 16.9. The molecule has 0 saturated carbocycles. The first-order chi connectivity index (χ1) is 13.3. The second kappa shape index (κ2) is 8.20. The summed E-state index contributed by atoms with van der Waals surface area (Å²) in [5, 5.41) is 0. The fraction of sp³-hybridized carbons (Fsp3) is 0.571. The van der Waals surface area contributed by atoms with Crippen molar-refractivity contribution in [2.45, 2.75) is 39.3 Å². The molecule has 0 spiro atoms. The predicted octanol–water partition coefficient (Wildman–Crippen LogP) is 2.11. The Morgan fingerprint density at radius 1 is 1.04 bits per heavy atom. The molecule has 3 rings (SSSR count). The Morgan fingerprint density at radius 2 is 1.64 bits per heavy atom. The third-order valence-corrected chi connectivity index (χ3v) is 5.34. The molecule has 0 N–H and O–H groups in total. The zero-order chi connectivity index (χ0) is 20.3. The van der Waals surface area contributed by atoms with E-state index in [0.29, 0.717) is 32.7 Å². The topological polar surface area (TPSA) is 70.2 Å². The maximum absolute atomic E-state index is 12.8. The van der Waals surface area contributed by atoms with E-state index in [9.17, 15) is 14.4 Å². The van der Waals surface area contributed by atoms with Gasteiger partial charge in [-0.3, -0.25) is 9.59 Å². The van der Waals surface area contributed by atoms with Crippen molar-refractivity contribution >= 4 is 17.9 Å². The van der Waals surface area contributed by atoms with E-state index in [1.165, 1.54) is 0 Å². The summed E-state index contributed by atoms with van der Waals surface area (Å²) in [6, 6.07) is 9.55. The number of carbonyl (C=O) groups excluding carboxylic acids is 3. The van der Waals surface area contributed by atoms with Crippen molar-refractivity contribution in [3.05, 3.63) is 35.9 Å². The van der Waals surface area contributed by atoms with Crippen LogP contribution in [0.5, 0.6) is 0 Å². The second-order valence-electron chi connectivity index (χ2n) is 8.43. The number of piperazine rings is 1. The number of hydrogen-bond acceptors (Lipinski definition) is 4. The van der Waals surface area contributed by atoms with Crippen molar-refractivity contribution in [2.24, 2.45) is 5.92 Å². The average molecular weight is 387 g/mol. The number of rotatable bonds is 3. The van der Waals surface area contributed by atoms with Crippen LogP contribution in [0.2, 0.25) is 0 Å². The highest BCUT2D eigenvalue weighted by atomic mass is 16.6. The Hall–Kier alpha value is -2.57. The standard InChI is InChI=1S/C21H29N3O4/c1-21(2,3)24-14-17(13-18(24)25)19(26)22-9-11-23(12-10-22)20(27)28-15-16-7-5-4-6-8-16/h4-8,17H,9-15H2,1-3H3. The maximum Gasteiger partial charge on any atom is 0.410 e. The first kappa shape index (κ1) is 20.2. The van der Waals surface area contributed by atoms with Gasteiger partial charge in [0.05, 0.1) is 5.92 Å². The Labute approximate surface area is 166 Å². The van der Waals surface area contributed by atoms with Gasteiger partial charge in [0.2, 0.25) is 11.8 Å². The molecule has 2 heterocycles. The summed E-state index contributed by atoms with van der Waals surface area (Å²) >= 11 is 0. The van der Waals surface area contributed by atoms with Crippen LogP contribution in [0.3, 0.4) is 0 Å². The van der Waals surface area contributed by atoms with Gasteiger partial charge in [0.25, 0.3) is 0 Å². The molecule has 3 amide bonds. The van der Waals surface area contributed by atoms with Gasteiger partial charge in [0.15, 0.2) is 0 Å². The molecule has 1 aromatic rings. The van der Waals surface area contributed by atoms with Gasteiger partial charge in [0, 0.05) is 44.7 Å². The Balaban J connectivity index is 1.46. The second-order valence-corrected chi connectivity index (χ2v) is 8.43. The van der Waals surface area contributed by atoms with Crippen molar-refractivity contribution in [2.75, 3.05) is 32.7 Å². The normalized spacial score (nSPS) is 20.5. The largest absolute Gasteiger partial charge is 0.445 e. The van der Waals surface area contributed by atoms with Crippen molar-refractivity contribution in [3.63, 3.8) is 0 Å². The van der Waals surface area contributed by atoms with Crippen molar-refractivity contribution in [1.82, 2.24) is 14.7 Å². The third-order valence-electron chi connectivity index (χ3n) is 5.34. The molecular formula is C21H29N3O4. The number of amides is 3. The molecule has 7 nitrogen and oxygen atoms in total. The molecule has 0 aliphatic carbocycles. The summed E-state index contributed by atoms with van der Waals surface area (Å²) in [7, 11) is 0. The van der Waals surface area contributed by atoms with Crippen LogP contribution < -0.4 is 0 Å². The minimum Gasteiger partial charge on any atom is -0.445 e. The molecule has 2 fully saturated rings. The van der Waals surface area contributed by atoms with Gasteiger partial charge >= 0.3 is 6.09 Å². The van der Waals surface area contributed by atoms with E-state index in [1.807, 2.05) is 51.1 Å². The summed E-state index contributed by atoms with van der Waals surface area (Å²) in [5.41, 5.74) is 0.673. The minimum absolute atomic E-state index is 0.0115. The van der Waals surface area contributed by atoms with E-state index < -0.39 is 0 Å². The summed E-state index contributed by atoms with van der Waals surface area (Å²) in [6.45, 7) is 8.50. The first-order valence-corrected chi connectivity index (χ1v) is 9.80. The van der Waals surface area contributed by atoms with Crippen molar-refractivity contribution in [1.29, 1.82) is 0 Å². The zero-order valence-corrected chi connectivity index (χ0v) is 16.9. The highest BCUT2D eigenvalue weighted by Crippen LogP contribution is 2.27. The molecule has 1 aromatic carbocycles. The van der Waals surface area contributed by atoms with Crippen LogP contribution in [0.1, 0.15) is 32.8 Å². The van der Waals surface area contributed by atoms with Crippen LogP contribution >= 0.6 is 0 Å². The van der Waals surface area contributed by atoms with E-state index >= 15 is 0 Å². The van der Waals surface area contributed by atoms with Gasteiger partial charge in [-0.2, -0.15) is 0 Å². The molecule has 2 saturated heterocycles. The molecule has 0 bridgehead atoms. The number of carbonyl (C=O) groups is 3. The van der Waals surface area contributed by atoms with Crippen LogP contribution in [0, 0.1) is 5.92 Å². The monoisotopic (exact) mass is 387 g/mol. The average Bonchev–Trinajstić information content (AvgIpc) is 3.08. The fourth-order valence-electron chi connectivity index (χ4n) is 3.70. The smallest absolute Gasteiger partial charge is 0.410 e. The van der Waals surface area contributed by atoms with Gasteiger partial charge in [0.1, 0.15) is 6.61 Å². The number of ether oxygens (including phenoxy) is 1. The van der Waals surface area contributed by atoms with Crippen LogP contribution in [0.15, 0.2) is 30.3 Å². The van der Waals surface area contributed by atoms with Crippen LogP contribution in [0.4, 0.5) is 4.79 Å². The molecule has 0 aromatic heterocycles. The summed E-state index contributed by atoms with van der Waals surface area (Å²) in [4.78, 5) is 42.5. The summed E-state index contributed by atoms with van der Waals surface area (Å²) < 4.78 is 5.36. The third kappa shape index (κ3) is 4.64. The molecule has 1 unspecified atom stereocenters. The lowest BCUT2D eigenvalue weighted by atomic mass is 10.1. The van der Waals surface area contributed by atoms with Gasteiger partial charge in [-0.25, -0.2) is 4.79 Å². The van der Waals surface area contributed by atoms with Crippen LogP contribution in [-0.4, -0.2) is 70.9 Å². The highest BCUT2D eigenvalue weighted by molar-refractivity contribution is 5.89. The van der Waals surface area contributed by atoms with E-state index in [2.05, 4.69) is 0 Å². The summed E-state index contributed by atoms with van der Waals surface area (Å²) in [6.07, 6.45) is -0.0824. The van der Waals surface area contributed by atoms with Gasteiger partial charge in [-0.1, -0.05) is 30.3 Å². The Kier molecular flexibility index (Phi) is 5.91. The lowest BCUT2D eigenvalue weighted by Crippen LogP contribution is -2.52. The fourth-order valence-corrected chi connectivity index (χ4v) is 3.70. The summed E-state index contributed by atoms with van der Waals surface area (Å²) in [5.74, 6) is -0.241. The van der Waals surface area contributed by atoms with Gasteiger partial charge < -0.3 is 19.4 Å². The SMILES string of the molecule is CC(C)(C)N1CC(C(=O)N2CCN(C(=O)OCc3ccccc3)CC2)CC1=O. The highest BCUT2D eigenvalue weighted by Gasteiger charge is 2.41. The molecule has 28 heavy (non-hydrogen) atoms. The molecule has 152 valence electrons. The number of hydrogen-bond donors (Lipinski definition) is 0. The number of nitrogens with zero attached hydrogens (tertiary/aromatic N) is 3. The number of benzene rings is 1. The molecule has 2 aliphatic rings.